The van der Waals surface area contributed by atoms with Crippen LogP contribution in [0.2, 0.25) is 0 Å². The quantitative estimate of drug-likeness (QED) is 0.582. The van der Waals surface area contributed by atoms with Gasteiger partial charge in [0.2, 0.25) is 5.91 Å². The van der Waals surface area contributed by atoms with Gasteiger partial charge in [0.05, 0.1) is 24.5 Å². The summed E-state index contributed by atoms with van der Waals surface area (Å²) in [4.78, 5) is 30.5. The standard InChI is InChI=1S/C23H30N4O3S/c1-26(2)21-9-8-18(25-22(28)17-31-19-6-4-3-5-7-19)16-20(21)23(29)24-10-11-27-12-14-30-15-13-27/h3-9,16H,10-15,17H2,1-2H3,(H,24,29)(H,25,28). The lowest BCUT2D eigenvalue weighted by Crippen LogP contribution is -2.41. The monoisotopic (exact) mass is 442 g/mol. The molecule has 1 fully saturated rings. The smallest absolute Gasteiger partial charge is 0.253 e. The number of anilines is 2. The molecule has 0 aliphatic carbocycles. The number of rotatable bonds is 9. The molecule has 2 aromatic carbocycles. The number of hydrogen-bond donors (Lipinski definition) is 2. The molecule has 0 aromatic heterocycles. The molecule has 3 rings (SSSR count). The van der Waals surface area contributed by atoms with Crippen molar-refractivity contribution in [2.75, 3.05) is 69.5 Å². The average molecular weight is 443 g/mol. The Morgan fingerprint density at radius 1 is 1.10 bits per heavy atom. The van der Waals surface area contributed by atoms with Crippen LogP contribution in [0.5, 0.6) is 0 Å². The molecule has 2 amide bonds. The van der Waals surface area contributed by atoms with E-state index < -0.39 is 0 Å². The summed E-state index contributed by atoms with van der Waals surface area (Å²) in [5.41, 5.74) is 1.96. The lowest BCUT2D eigenvalue weighted by Gasteiger charge is -2.26. The van der Waals surface area contributed by atoms with Crippen LogP contribution in [-0.2, 0) is 9.53 Å². The van der Waals surface area contributed by atoms with E-state index in [1.807, 2.05) is 61.5 Å². The predicted molar refractivity (Wildman–Crippen MR) is 126 cm³/mol. The van der Waals surface area contributed by atoms with E-state index in [1.165, 1.54) is 11.8 Å². The Labute approximate surface area is 188 Å². The molecule has 1 aliphatic heterocycles. The number of thioether (sulfide) groups is 1. The molecular weight excluding hydrogens is 412 g/mol. The number of nitrogens with zero attached hydrogens (tertiary/aromatic N) is 2. The molecule has 0 unspecified atom stereocenters. The highest BCUT2D eigenvalue weighted by Gasteiger charge is 2.16. The van der Waals surface area contributed by atoms with Gasteiger partial charge >= 0.3 is 0 Å². The number of nitrogens with one attached hydrogen (secondary N) is 2. The van der Waals surface area contributed by atoms with Crippen molar-refractivity contribution in [1.82, 2.24) is 10.2 Å². The van der Waals surface area contributed by atoms with Crippen molar-refractivity contribution in [2.45, 2.75) is 4.90 Å². The molecule has 1 saturated heterocycles. The van der Waals surface area contributed by atoms with Crippen molar-refractivity contribution in [3.05, 3.63) is 54.1 Å². The molecule has 0 atom stereocenters. The molecule has 0 radical (unpaired) electrons. The number of hydrogen-bond acceptors (Lipinski definition) is 6. The third-order valence-corrected chi connectivity index (χ3v) is 5.95. The highest BCUT2D eigenvalue weighted by molar-refractivity contribution is 8.00. The summed E-state index contributed by atoms with van der Waals surface area (Å²) in [5, 5.41) is 5.90. The molecule has 1 heterocycles. The lowest BCUT2D eigenvalue weighted by atomic mass is 10.1. The Morgan fingerprint density at radius 2 is 1.84 bits per heavy atom. The van der Waals surface area contributed by atoms with Gasteiger partial charge in [-0.25, -0.2) is 0 Å². The maximum Gasteiger partial charge on any atom is 0.253 e. The molecular formula is C23H30N4O3S. The first-order valence-corrected chi connectivity index (χ1v) is 11.4. The maximum atomic E-state index is 12.9. The number of carbonyl (C=O) groups excluding carboxylic acids is 2. The Morgan fingerprint density at radius 3 is 2.55 bits per heavy atom. The van der Waals surface area contributed by atoms with Gasteiger partial charge in [0.25, 0.3) is 5.91 Å². The van der Waals surface area contributed by atoms with Crippen LogP contribution in [0.1, 0.15) is 10.4 Å². The van der Waals surface area contributed by atoms with Gasteiger partial charge in [-0.2, -0.15) is 0 Å². The Hall–Kier alpha value is -2.55. The minimum Gasteiger partial charge on any atom is -0.379 e. The van der Waals surface area contributed by atoms with E-state index >= 15 is 0 Å². The molecule has 7 nitrogen and oxygen atoms in total. The van der Waals surface area contributed by atoms with Gasteiger partial charge in [-0.15, -0.1) is 11.8 Å². The fraction of sp³-hybridized carbons (Fsp3) is 0.391. The fourth-order valence-electron chi connectivity index (χ4n) is 3.30. The van der Waals surface area contributed by atoms with Gasteiger partial charge in [-0.1, -0.05) is 18.2 Å². The summed E-state index contributed by atoms with van der Waals surface area (Å²) < 4.78 is 5.36. The van der Waals surface area contributed by atoms with Gasteiger partial charge in [-0.05, 0) is 30.3 Å². The summed E-state index contributed by atoms with van der Waals surface area (Å²) in [6.07, 6.45) is 0. The first-order valence-electron chi connectivity index (χ1n) is 10.4. The zero-order chi connectivity index (χ0) is 22.1. The van der Waals surface area contributed by atoms with Crippen molar-refractivity contribution < 1.29 is 14.3 Å². The molecule has 0 bridgehead atoms. The average Bonchev–Trinajstić information content (AvgIpc) is 2.79. The lowest BCUT2D eigenvalue weighted by molar-refractivity contribution is -0.113. The van der Waals surface area contributed by atoms with Crippen LogP contribution >= 0.6 is 11.8 Å². The number of benzene rings is 2. The predicted octanol–water partition coefficient (Wildman–Crippen LogP) is 2.55. The largest absolute Gasteiger partial charge is 0.379 e. The van der Waals surface area contributed by atoms with Crippen molar-refractivity contribution >= 4 is 35.0 Å². The van der Waals surface area contributed by atoms with E-state index in [0.29, 0.717) is 23.5 Å². The number of morpholine rings is 1. The summed E-state index contributed by atoms with van der Waals surface area (Å²) in [6, 6.07) is 15.2. The van der Waals surface area contributed by atoms with E-state index in [9.17, 15) is 9.59 Å². The number of carbonyl (C=O) groups is 2. The first-order chi connectivity index (χ1) is 15.0. The van der Waals surface area contributed by atoms with Crippen molar-refractivity contribution in [1.29, 1.82) is 0 Å². The Balaban J connectivity index is 1.58. The molecule has 0 saturated carbocycles. The first kappa shape index (κ1) is 23.1. The van der Waals surface area contributed by atoms with Gasteiger partial charge in [0, 0.05) is 56.5 Å². The van der Waals surface area contributed by atoms with Crippen LogP contribution in [0.25, 0.3) is 0 Å². The normalized spacial score (nSPS) is 14.1. The highest BCUT2D eigenvalue weighted by Crippen LogP contribution is 2.24. The van der Waals surface area contributed by atoms with Gasteiger partial charge in [-0.3, -0.25) is 14.5 Å². The Kier molecular flexibility index (Phi) is 8.75. The number of ether oxygens (including phenoxy) is 1. The SMILES string of the molecule is CN(C)c1ccc(NC(=O)CSc2ccccc2)cc1C(=O)NCCN1CCOCC1. The van der Waals surface area contributed by atoms with Crippen LogP contribution in [0.3, 0.4) is 0 Å². The summed E-state index contributed by atoms with van der Waals surface area (Å²) >= 11 is 1.48. The molecule has 166 valence electrons. The highest BCUT2D eigenvalue weighted by atomic mass is 32.2. The van der Waals surface area contributed by atoms with E-state index in [-0.39, 0.29) is 11.8 Å². The zero-order valence-corrected chi connectivity index (χ0v) is 18.9. The topological polar surface area (TPSA) is 73.9 Å². The van der Waals surface area contributed by atoms with Crippen LogP contribution in [0, 0.1) is 0 Å². The molecule has 2 N–H and O–H groups in total. The molecule has 2 aromatic rings. The second-order valence-electron chi connectivity index (χ2n) is 7.49. The summed E-state index contributed by atoms with van der Waals surface area (Å²) in [7, 11) is 3.79. The molecule has 0 spiro atoms. The second kappa shape index (κ2) is 11.7. The van der Waals surface area contributed by atoms with E-state index in [4.69, 9.17) is 4.74 Å². The van der Waals surface area contributed by atoms with Crippen LogP contribution < -0.4 is 15.5 Å². The summed E-state index contributed by atoms with van der Waals surface area (Å²) in [5.74, 6) is 0.0532. The van der Waals surface area contributed by atoms with Gasteiger partial charge < -0.3 is 20.3 Å². The van der Waals surface area contributed by atoms with Crippen LogP contribution in [0.4, 0.5) is 11.4 Å². The molecule has 8 heteroatoms. The van der Waals surface area contributed by atoms with E-state index in [0.717, 1.165) is 43.4 Å². The minimum atomic E-state index is -0.147. The summed E-state index contributed by atoms with van der Waals surface area (Å²) in [6.45, 7) is 4.62. The Bertz CT molecular complexity index is 870. The molecule has 31 heavy (non-hydrogen) atoms. The van der Waals surface area contributed by atoms with Crippen LogP contribution in [0.15, 0.2) is 53.4 Å². The fourth-order valence-corrected chi connectivity index (χ4v) is 4.02. The number of amides is 2. The molecule has 1 aliphatic rings. The third kappa shape index (κ3) is 7.27. The third-order valence-electron chi connectivity index (χ3n) is 4.94. The van der Waals surface area contributed by atoms with Gasteiger partial charge in [0.1, 0.15) is 0 Å². The minimum absolute atomic E-state index is 0.106. The van der Waals surface area contributed by atoms with Crippen molar-refractivity contribution in [2.24, 2.45) is 0 Å². The van der Waals surface area contributed by atoms with Crippen molar-refractivity contribution in [3.8, 4) is 0 Å². The van der Waals surface area contributed by atoms with Crippen molar-refractivity contribution in [3.63, 3.8) is 0 Å². The van der Waals surface area contributed by atoms with Gasteiger partial charge in [0.15, 0.2) is 0 Å². The maximum absolute atomic E-state index is 12.9. The second-order valence-corrected chi connectivity index (χ2v) is 8.53. The zero-order valence-electron chi connectivity index (χ0n) is 18.1. The van der Waals surface area contributed by atoms with Crippen LogP contribution in [-0.4, -0.2) is 76.0 Å². The van der Waals surface area contributed by atoms with E-state index in [1.54, 1.807) is 6.07 Å². The van der Waals surface area contributed by atoms with E-state index in [2.05, 4.69) is 15.5 Å².